The lowest BCUT2D eigenvalue weighted by atomic mass is 10.2. The zero-order chi connectivity index (χ0) is 19.6. The Kier molecular flexibility index (Phi) is 6.12. The van der Waals surface area contributed by atoms with E-state index in [0.717, 1.165) is 18.5 Å². The molecule has 0 saturated carbocycles. The van der Waals surface area contributed by atoms with Crippen LogP contribution in [0.2, 0.25) is 0 Å². The maximum Gasteiger partial charge on any atom is 0.238 e. The Morgan fingerprint density at radius 3 is 2.67 bits per heavy atom. The van der Waals surface area contributed by atoms with Crippen LogP contribution in [-0.4, -0.2) is 37.5 Å². The maximum atomic E-state index is 11.7. The number of rotatable bonds is 6. The van der Waals surface area contributed by atoms with Gasteiger partial charge in [0.1, 0.15) is 17.7 Å². The molecule has 0 aliphatic carbocycles. The van der Waals surface area contributed by atoms with Crippen molar-refractivity contribution < 1.29 is 18.3 Å². The molecule has 146 valence electrons. The highest BCUT2D eigenvalue weighted by Gasteiger charge is 2.24. The molecular formula is C19H24N2O4S2. The van der Waals surface area contributed by atoms with E-state index in [-0.39, 0.29) is 4.90 Å². The highest BCUT2D eigenvalue weighted by Crippen LogP contribution is 2.32. The fraction of sp³-hybridized carbons (Fsp3) is 0.368. The molecule has 1 heterocycles. The van der Waals surface area contributed by atoms with E-state index in [9.17, 15) is 13.5 Å². The second-order valence-corrected chi connectivity index (χ2v) is 9.05. The minimum Gasteiger partial charge on any atom is -0.457 e. The molecule has 27 heavy (non-hydrogen) atoms. The summed E-state index contributed by atoms with van der Waals surface area (Å²) < 4.78 is 29.5. The monoisotopic (exact) mass is 408 g/mol. The summed E-state index contributed by atoms with van der Waals surface area (Å²) in [5.74, 6) is 1.23. The number of likely N-dealkylation sites (tertiary alicyclic amines) is 1. The minimum atomic E-state index is -3.82. The molecule has 2 aromatic rings. The van der Waals surface area contributed by atoms with Crippen molar-refractivity contribution >= 4 is 21.8 Å². The third-order valence-electron chi connectivity index (χ3n) is 4.66. The number of aliphatic hydroxyl groups is 1. The van der Waals surface area contributed by atoms with Crippen molar-refractivity contribution in [2.45, 2.75) is 42.3 Å². The van der Waals surface area contributed by atoms with Gasteiger partial charge in [-0.1, -0.05) is 0 Å². The van der Waals surface area contributed by atoms with Crippen LogP contribution in [0.15, 0.2) is 46.2 Å². The van der Waals surface area contributed by atoms with Gasteiger partial charge >= 0.3 is 0 Å². The Hall–Kier alpha value is -1.58. The largest absolute Gasteiger partial charge is 0.457 e. The Bertz CT molecular complexity index is 931. The quantitative estimate of drug-likeness (QED) is 0.714. The zero-order valence-electron chi connectivity index (χ0n) is 15.4. The van der Waals surface area contributed by atoms with E-state index < -0.39 is 16.3 Å². The lowest BCUT2D eigenvalue weighted by Crippen LogP contribution is -2.28. The number of sulfonamides is 1. The van der Waals surface area contributed by atoms with Gasteiger partial charge in [-0.15, -0.1) is 11.8 Å². The van der Waals surface area contributed by atoms with E-state index in [1.54, 1.807) is 17.8 Å². The zero-order valence-corrected chi connectivity index (χ0v) is 17.0. The van der Waals surface area contributed by atoms with Gasteiger partial charge in [0.2, 0.25) is 10.0 Å². The number of aliphatic hydroxyl groups excluding tert-OH is 1. The highest BCUT2D eigenvalue weighted by molar-refractivity contribution is 7.98. The molecular weight excluding hydrogens is 384 g/mol. The van der Waals surface area contributed by atoms with Crippen LogP contribution in [-0.2, 0) is 16.6 Å². The van der Waals surface area contributed by atoms with Crippen molar-refractivity contribution in [3.05, 3.63) is 47.5 Å². The number of nitrogens with zero attached hydrogens (tertiary/aromatic N) is 1. The number of primary sulfonamides is 1. The first-order chi connectivity index (χ1) is 12.8. The van der Waals surface area contributed by atoms with Crippen molar-refractivity contribution in [2.24, 2.45) is 5.14 Å². The van der Waals surface area contributed by atoms with E-state index in [2.05, 4.69) is 0 Å². The Morgan fingerprint density at radius 1 is 1.30 bits per heavy atom. The molecule has 0 radical (unpaired) electrons. The van der Waals surface area contributed by atoms with Crippen LogP contribution in [0, 0.1) is 6.92 Å². The van der Waals surface area contributed by atoms with Crippen molar-refractivity contribution in [1.29, 1.82) is 0 Å². The van der Waals surface area contributed by atoms with E-state index >= 15 is 0 Å². The van der Waals surface area contributed by atoms with Crippen LogP contribution in [0.25, 0.3) is 0 Å². The molecule has 2 aromatic carbocycles. The normalized spacial score (nSPS) is 18.0. The summed E-state index contributed by atoms with van der Waals surface area (Å²) >= 11 is 1.67. The molecule has 0 amide bonds. The minimum absolute atomic E-state index is 0.0347. The average molecular weight is 409 g/mol. The van der Waals surface area contributed by atoms with Crippen LogP contribution in [0.1, 0.15) is 24.0 Å². The lowest BCUT2D eigenvalue weighted by molar-refractivity contribution is 0.0324. The maximum absolute atomic E-state index is 11.7. The number of ether oxygens (including phenoxy) is 1. The average Bonchev–Trinajstić information content (AvgIpc) is 3.00. The summed E-state index contributed by atoms with van der Waals surface area (Å²) in [4.78, 5) is 3.11. The van der Waals surface area contributed by atoms with Gasteiger partial charge in [-0.2, -0.15) is 0 Å². The molecule has 1 aliphatic heterocycles. The van der Waals surface area contributed by atoms with Crippen molar-refractivity contribution in [1.82, 2.24) is 4.90 Å². The molecule has 8 heteroatoms. The van der Waals surface area contributed by atoms with E-state index in [4.69, 9.17) is 9.88 Å². The van der Waals surface area contributed by atoms with Crippen molar-refractivity contribution in [2.75, 3.05) is 12.8 Å². The lowest BCUT2D eigenvalue weighted by Gasteiger charge is -2.22. The first-order valence-corrected chi connectivity index (χ1v) is 11.5. The molecule has 1 atom stereocenters. The summed E-state index contributed by atoms with van der Waals surface area (Å²) in [5.41, 5.74) is 1.78. The van der Waals surface area contributed by atoms with Gasteiger partial charge in [-0.3, -0.25) is 4.90 Å². The first kappa shape index (κ1) is 20.2. The molecule has 0 spiro atoms. The molecule has 3 N–H and O–H groups in total. The molecule has 0 bridgehead atoms. The Balaban J connectivity index is 1.94. The molecule has 1 saturated heterocycles. The van der Waals surface area contributed by atoms with Gasteiger partial charge in [0, 0.05) is 23.5 Å². The predicted molar refractivity (Wildman–Crippen MR) is 107 cm³/mol. The Morgan fingerprint density at radius 2 is 2.07 bits per heavy atom. The number of benzene rings is 2. The third-order valence-corrected chi connectivity index (χ3v) is 6.47. The highest BCUT2D eigenvalue weighted by atomic mass is 32.2. The molecule has 1 unspecified atom stereocenters. The van der Waals surface area contributed by atoms with Crippen molar-refractivity contribution in [3.8, 4) is 11.5 Å². The second kappa shape index (κ2) is 8.20. The van der Waals surface area contributed by atoms with Gasteiger partial charge in [0.05, 0.1) is 4.90 Å². The molecule has 0 aromatic heterocycles. The standard InChI is InChI=1S/C19H24N2O4S2/c1-13-10-15(5-8-18(13)26-2)25-17-7-6-16(27(20,23)24)11-14(17)12-21-9-3-4-19(21)22/h5-8,10-11,19,22H,3-4,9,12H2,1-2H3,(H2,20,23,24). The molecule has 1 aliphatic rings. The summed E-state index contributed by atoms with van der Waals surface area (Å²) in [6, 6.07) is 10.4. The predicted octanol–water partition coefficient (Wildman–Crippen LogP) is 3.07. The number of aryl methyl sites for hydroxylation is 1. The summed E-state index contributed by atoms with van der Waals surface area (Å²) in [5, 5.41) is 15.4. The molecule has 1 fully saturated rings. The smallest absolute Gasteiger partial charge is 0.238 e. The van der Waals surface area contributed by atoms with E-state index in [1.807, 2.05) is 36.3 Å². The summed E-state index contributed by atoms with van der Waals surface area (Å²) in [7, 11) is -3.82. The number of hydrogen-bond donors (Lipinski definition) is 2. The van der Waals surface area contributed by atoms with Gasteiger partial charge in [0.15, 0.2) is 0 Å². The van der Waals surface area contributed by atoms with Crippen LogP contribution < -0.4 is 9.88 Å². The van der Waals surface area contributed by atoms with Crippen LogP contribution in [0.3, 0.4) is 0 Å². The molecule has 6 nitrogen and oxygen atoms in total. The van der Waals surface area contributed by atoms with Gasteiger partial charge < -0.3 is 9.84 Å². The number of nitrogens with two attached hydrogens (primary N) is 1. The van der Waals surface area contributed by atoms with E-state index in [1.165, 1.54) is 17.0 Å². The van der Waals surface area contributed by atoms with Gasteiger partial charge in [-0.05, 0) is 68.0 Å². The molecule has 3 rings (SSSR count). The number of hydrogen-bond acceptors (Lipinski definition) is 6. The Labute approximate surface area is 164 Å². The van der Waals surface area contributed by atoms with Gasteiger partial charge in [0.25, 0.3) is 0 Å². The fourth-order valence-corrected chi connectivity index (χ4v) is 4.36. The summed E-state index contributed by atoms with van der Waals surface area (Å²) in [6.45, 7) is 3.16. The van der Waals surface area contributed by atoms with E-state index in [0.29, 0.717) is 30.0 Å². The topological polar surface area (TPSA) is 92.9 Å². The second-order valence-electron chi connectivity index (χ2n) is 6.64. The first-order valence-electron chi connectivity index (χ1n) is 8.68. The van der Waals surface area contributed by atoms with Crippen LogP contribution in [0.4, 0.5) is 0 Å². The van der Waals surface area contributed by atoms with Gasteiger partial charge in [-0.25, -0.2) is 13.6 Å². The fourth-order valence-electron chi connectivity index (χ4n) is 3.21. The summed E-state index contributed by atoms with van der Waals surface area (Å²) in [6.07, 6.45) is 3.11. The van der Waals surface area contributed by atoms with Crippen LogP contribution >= 0.6 is 11.8 Å². The van der Waals surface area contributed by atoms with Crippen LogP contribution in [0.5, 0.6) is 11.5 Å². The third kappa shape index (κ3) is 4.83. The SMILES string of the molecule is CSc1ccc(Oc2ccc(S(N)(=O)=O)cc2CN2CCCC2O)cc1C. The number of thioether (sulfide) groups is 1. The van der Waals surface area contributed by atoms with Crippen molar-refractivity contribution in [3.63, 3.8) is 0 Å².